The van der Waals surface area contributed by atoms with E-state index in [1.54, 1.807) is 13.2 Å². The maximum absolute atomic E-state index is 5.55. The van der Waals surface area contributed by atoms with Crippen LogP contribution in [0.2, 0.25) is 0 Å². The predicted octanol–water partition coefficient (Wildman–Crippen LogP) is 2.66. The van der Waals surface area contributed by atoms with Crippen LogP contribution in [-0.2, 0) is 0 Å². The van der Waals surface area contributed by atoms with E-state index in [2.05, 4.69) is 6.58 Å². The summed E-state index contributed by atoms with van der Waals surface area (Å²) in [6.45, 7) is 4.31. The van der Waals surface area contributed by atoms with E-state index in [-0.39, 0.29) is 0 Å². The summed E-state index contributed by atoms with van der Waals surface area (Å²) in [4.78, 5) is 0. The van der Waals surface area contributed by atoms with Gasteiger partial charge in [-0.05, 0) is 23.8 Å². The average molecular weight is 188 g/mol. The van der Waals surface area contributed by atoms with Crippen LogP contribution < -0.4 is 9.47 Å². The molecule has 0 unspecified atom stereocenters. The van der Waals surface area contributed by atoms with Gasteiger partial charge in [-0.15, -0.1) is 0 Å². The molecule has 0 saturated carbocycles. The molecule has 0 spiro atoms. The molecule has 0 N–H and O–H groups in total. The van der Waals surface area contributed by atoms with Crippen molar-refractivity contribution < 1.29 is 9.47 Å². The van der Waals surface area contributed by atoms with Crippen molar-refractivity contribution in [2.75, 3.05) is 13.7 Å². The molecule has 2 nitrogen and oxygen atoms in total. The SMILES string of the molecule is C=CC1=Cc2c(OC)cccc2OC1. The first-order chi connectivity index (χ1) is 6.85. The largest absolute Gasteiger partial charge is 0.496 e. The zero-order valence-electron chi connectivity index (χ0n) is 8.12. The van der Waals surface area contributed by atoms with Gasteiger partial charge in [-0.3, -0.25) is 0 Å². The second-order valence-corrected chi connectivity index (χ2v) is 3.08. The van der Waals surface area contributed by atoms with Crippen LogP contribution in [0.5, 0.6) is 11.5 Å². The quantitative estimate of drug-likeness (QED) is 0.710. The van der Waals surface area contributed by atoms with E-state index >= 15 is 0 Å². The Morgan fingerprint density at radius 1 is 1.50 bits per heavy atom. The lowest BCUT2D eigenvalue weighted by Gasteiger charge is -2.17. The molecule has 14 heavy (non-hydrogen) atoms. The Balaban J connectivity index is 2.53. The maximum atomic E-state index is 5.55. The predicted molar refractivity (Wildman–Crippen MR) is 56.7 cm³/mol. The second-order valence-electron chi connectivity index (χ2n) is 3.08. The molecular formula is C12H12O2. The van der Waals surface area contributed by atoms with Gasteiger partial charge in [-0.1, -0.05) is 18.7 Å². The Labute approximate surface area is 83.5 Å². The lowest BCUT2D eigenvalue weighted by Crippen LogP contribution is -2.06. The van der Waals surface area contributed by atoms with Gasteiger partial charge in [0.1, 0.15) is 18.1 Å². The number of methoxy groups -OCH3 is 1. The summed E-state index contributed by atoms with van der Waals surface area (Å²) in [5, 5.41) is 0. The molecular weight excluding hydrogens is 176 g/mol. The zero-order valence-corrected chi connectivity index (χ0v) is 8.12. The Hall–Kier alpha value is -1.70. The van der Waals surface area contributed by atoms with E-state index < -0.39 is 0 Å². The number of benzene rings is 1. The van der Waals surface area contributed by atoms with Crippen molar-refractivity contribution in [2.24, 2.45) is 0 Å². The van der Waals surface area contributed by atoms with Crippen LogP contribution in [0.1, 0.15) is 5.56 Å². The van der Waals surface area contributed by atoms with E-state index in [1.807, 2.05) is 24.3 Å². The zero-order chi connectivity index (χ0) is 9.97. The molecule has 0 atom stereocenters. The van der Waals surface area contributed by atoms with Gasteiger partial charge in [0.25, 0.3) is 0 Å². The molecule has 0 bridgehead atoms. The van der Waals surface area contributed by atoms with Gasteiger partial charge >= 0.3 is 0 Å². The highest BCUT2D eigenvalue weighted by molar-refractivity contribution is 5.69. The third-order valence-electron chi connectivity index (χ3n) is 2.23. The fourth-order valence-corrected chi connectivity index (χ4v) is 1.48. The molecule has 1 aromatic rings. The van der Waals surface area contributed by atoms with Crippen LogP contribution in [0, 0.1) is 0 Å². The van der Waals surface area contributed by atoms with Gasteiger partial charge in [0, 0.05) is 0 Å². The summed E-state index contributed by atoms with van der Waals surface area (Å²) in [7, 11) is 1.66. The van der Waals surface area contributed by atoms with Gasteiger partial charge in [0.15, 0.2) is 0 Å². The number of rotatable bonds is 2. The monoisotopic (exact) mass is 188 g/mol. The van der Waals surface area contributed by atoms with E-state index in [4.69, 9.17) is 9.47 Å². The first-order valence-electron chi connectivity index (χ1n) is 4.48. The van der Waals surface area contributed by atoms with Crippen molar-refractivity contribution in [3.63, 3.8) is 0 Å². The minimum Gasteiger partial charge on any atom is -0.496 e. The molecule has 1 aliphatic rings. The average Bonchev–Trinajstić information content (AvgIpc) is 2.27. The van der Waals surface area contributed by atoms with E-state index in [0.717, 1.165) is 22.6 Å². The first-order valence-corrected chi connectivity index (χ1v) is 4.48. The van der Waals surface area contributed by atoms with Gasteiger partial charge in [-0.2, -0.15) is 0 Å². The summed E-state index contributed by atoms with van der Waals surface area (Å²) in [6.07, 6.45) is 3.85. The Morgan fingerprint density at radius 2 is 2.36 bits per heavy atom. The Bertz CT molecular complexity index is 391. The van der Waals surface area contributed by atoms with Crippen molar-refractivity contribution >= 4 is 6.08 Å². The van der Waals surface area contributed by atoms with Crippen molar-refractivity contribution in [3.05, 3.63) is 42.0 Å². The highest BCUT2D eigenvalue weighted by Gasteiger charge is 2.13. The number of hydrogen-bond acceptors (Lipinski definition) is 2. The van der Waals surface area contributed by atoms with E-state index in [1.165, 1.54) is 0 Å². The third-order valence-corrected chi connectivity index (χ3v) is 2.23. The van der Waals surface area contributed by atoms with Crippen LogP contribution in [0.4, 0.5) is 0 Å². The lowest BCUT2D eigenvalue weighted by atomic mass is 10.1. The molecule has 0 saturated heterocycles. The second kappa shape index (κ2) is 3.58. The highest BCUT2D eigenvalue weighted by atomic mass is 16.5. The van der Waals surface area contributed by atoms with Crippen molar-refractivity contribution in [1.29, 1.82) is 0 Å². The maximum Gasteiger partial charge on any atom is 0.130 e. The highest BCUT2D eigenvalue weighted by Crippen LogP contribution is 2.33. The molecule has 0 aliphatic carbocycles. The molecule has 0 amide bonds. The normalized spacial score (nSPS) is 13.6. The number of fused-ring (bicyclic) bond motifs is 1. The minimum absolute atomic E-state index is 0.587. The van der Waals surface area contributed by atoms with Crippen LogP contribution in [0.15, 0.2) is 36.4 Å². The third kappa shape index (κ3) is 1.39. The molecule has 1 aromatic carbocycles. The van der Waals surface area contributed by atoms with E-state index in [9.17, 15) is 0 Å². The molecule has 1 aliphatic heterocycles. The van der Waals surface area contributed by atoms with Crippen LogP contribution in [0.3, 0.4) is 0 Å². The molecule has 0 fully saturated rings. The van der Waals surface area contributed by atoms with Crippen molar-refractivity contribution in [3.8, 4) is 11.5 Å². The van der Waals surface area contributed by atoms with Crippen molar-refractivity contribution in [1.82, 2.24) is 0 Å². The number of ether oxygens (including phenoxy) is 2. The van der Waals surface area contributed by atoms with Gasteiger partial charge < -0.3 is 9.47 Å². The van der Waals surface area contributed by atoms with Gasteiger partial charge in [0.2, 0.25) is 0 Å². The van der Waals surface area contributed by atoms with Gasteiger partial charge in [-0.25, -0.2) is 0 Å². The smallest absolute Gasteiger partial charge is 0.130 e. The summed E-state index contributed by atoms with van der Waals surface area (Å²) in [6, 6.07) is 5.78. The van der Waals surface area contributed by atoms with Crippen LogP contribution in [-0.4, -0.2) is 13.7 Å². The van der Waals surface area contributed by atoms with Crippen LogP contribution in [0.25, 0.3) is 6.08 Å². The van der Waals surface area contributed by atoms with Crippen molar-refractivity contribution in [2.45, 2.75) is 0 Å². The Morgan fingerprint density at radius 3 is 3.07 bits per heavy atom. The fourth-order valence-electron chi connectivity index (χ4n) is 1.48. The summed E-state index contributed by atoms with van der Waals surface area (Å²) in [5.74, 6) is 1.71. The number of hydrogen-bond donors (Lipinski definition) is 0. The van der Waals surface area contributed by atoms with E-state index in [0.29, 0.717) is 6.61 Å². The topological polar surface area (TPSA) is 18.5 Å². The van der Waals surface area contributed by atoms with Gasteiger partial charge in [0.05, 0.1) is 12.7 Å². The Kier molecular flexibility index (Phi) is 2.27. The first kappa shape index (κ1) is 8.88. The summed E-state index contributed by atoms with van der Waals surface area (Å²) < 4.78 is 10.8. The molecule has 0 radical (unpaired) electrons. The lowest BCUT2D eigenvalue weighted by molar-refractivity contribution is 0.344. The van der Waals surface area contributed by atoms with Crippen LogP contribution >= 0.6 is 0 Å². The summed E-state index contributed by atoms with van der Waals surface area (Å²) >= 11 is 0. The molecule has 72 valence electrons. The summed E-state index contributed by atoms with van der Waals surface area (Å²) in [5.41, 5.74) is 2.07. The molecule has 2 heteroatoms. The standard InChI is InChI=1S/C12H12O2/c1-3-9-7-10-11(13-2)5-4-6-12(10)14-8-9/h3-7H,1,8H2,2H3. The fraction of sp³-hybridized carbons (Fsp3) is 0.167. The molecule has 1 heterocycles. The molecule has 2 rings (SSSR count). The minimum atomic E-state index is 0.587. The molecule has 0 aromatic heterocycles.